The number of hydrogen-bond donors (Lipinski definition) is 1. The molecule has 1 N–H and O–H groups in total. The van der Waals surface area contributed by atoms with Gasteiger partial charge < -0.3 is 10.1 Å². The summed E-state index contributed by atoms with van der Waals surface area (Å²) in [5, 5.41) is 4.31. The van der Waals surface area contributed by atoms with Crippen molar-refractivity contribution in [1.82, 2.24) is 0 Å². The molecular weight excluding hydrogens is 348 g/mol. The van der Waals surface area contributed by atoms with E-state index in [1.165, 1.54) is 5.56 Å². The monoisotopic (exact) mass is 362 g/mol. The predicted molar refractivity (Wildman–Crippen MR) is 93.4 cm³/mol. The van der Waals surface area contributed by atoms with Crippen LogP contribution < -0.4 is 10.1 Å². The Morgan fingerprint density at radius 1 is 1.24 bits per heavy atom. The number of anilines is 1. The normalized spacial score (nSPS) is 17.4. The lowest BCUT2D eigenvalue weighted by molar-refractivity contribution is 0.415. The fraction of sp³-hybridized carbons (Fsp3) is 0.188. The average molecular weight is 363 g/mol. The van der Waals surface area contributed by atoms with Crippen LogP contribution >= 0.6 is 27.7 Å². The summed E-state index contributed by atoms with van der Waals surface area (Å²) in [5.41, 5.74) is 2.22. The van der Waals surface area contributed by atoms with E-state index in [2.05, 4.69) is 45.5 Å². The van der Waals surface area contributed by atoms with E-state index < -0.39 is 0 Å². The van der Waals surface area contributed by atoms with E-state index in [1.54, 1.807) is 18.9 Å². The third-order valence-electron chi connectivity index (χ3n) is 3.25. The van der Waals surface area contributed by atoms with Gasteiger partial charge in [0.1, 0.15) is 5.75 Å². The molecule has 0 saturated heterocycles. The van der Waals surface area contributed by atoms with Gasteiger partial charge in [0.25, 0.3) is 0 Å². The number of nitrogens with zero attached hydrogens (tertiary/aromatic N) is 1. The molecule has 0 spiro atoms. The van der Waals surface area contributed by atoms with Gasteiger partial charge in [-0.15, -0.1) is 0 Å². The Balaban J connectivity index is 1.77. The highest BCUT2D eigenvalue weighted by atomic mass is 79.9. The highest BCUT2D eigenvalue weighted by molar-refractivity contribution is 9.10. The van der Waals surface area contributed by atoms with Crippen LogP contribution in [0.2, 0.25) is 0 Å². The number of nitrogens with one attached hydrogen (secondary N) is 1. The molecule has 21 heavy (non-hydrogen) atoms. The van der Waals surface area contributed by atoms with E-state index >= 15 is 0 Å². The Kier molecular flexibility index (Phi) is 4.51. The van der Waals surface area contributed by atoms with E-state index in [9.17, 15) is 0 Å². The van der Waals surface area contributed by atoms with Gasteiger partial charge in [0, 0.05) is 16.3 Å². The molecule has 0 aromatic heterocycles. The Labute approximate surface area is 136 Å². The smallest absolute Gasteiger partial charge is 0.161 e. The SMILES string of the molecule is COc1ccc(Br)c(NC2=NC(c3ccccc3)CS2)c1. The standard InChI is InChI=1S/C16H15BrN2OS/c1-20-12-7-8-13(17)14(9-12)18-16-19-15(10-21-16)11-5-3-2-4-6-11/h2-9,15H,10H2,1H3,(H,18,19). The second-order valence-corrected chi connectivity index (χ2v) is 6.51. The van der Waals surface area contributed by atoms with Crippen molar-refractivity contribution >= 4 is 38.5 Å². The second kappa shape index (κ2) is 6.54. The summed E-state index contributed by atoms with van der Waals surface area (Å²) in [5.74, 6) is 1.79. The van der Waals surface area contributed by atoms with Gasteiger partial charge in [0.2, 0.25) is 0 Å². The number of ether oxygens (including phenoxy) is 1. The van der Waals surface area contributed by atoms with Crippen LogP contribution in [0.4, 0.5) is 5.69 Å². The maximum Gasteiger partial charge on any atom is 0.161 e. The van der Waals surface area contributed by atoms with Crippen LogP contribution in [-0.2, 0) is 0 Å². The third-order valence-corrected chi connectivity index (χ3v) is 4.91. The minimum Gasteiger partial charge on any atom is -0.497 e. The molecule has 1 unspecified atom stereocenters. The number of rotatable bonds is 3. The van der Waals surface area contributed by atoms with Gasteiger partial charge in [0.15, 0.2) is 5.17 Å². The average Bonchev–Trinajstić information content (AvgIpc) is 2.99. The molecule has 0 amide bonds. The Morgan fingerprint density at radius 3 is 2.81 bits per heavy atom. The number of halogens is 1. The zero-order valence-corrected chi connectivity index (χ0v) is 13.9. The summed E-state index contributed by atoms with van der Waals surface area (Å²) >= 11 is 5.28. The van der Waals surface area contributed by atoms with Crippen molar-refractivity contribution in [3.8, 4) is 5.75 Å². The van der Waals surface area contributed by atoms with Gasteiger partial charge in [-0.25, -0.2) is 0 Å². The molecule has 1 aliphatic heterocycles. The number of hydrogen-bond acceptors (Lipinski definition) is 4. The van der Waals surface area contributed by atoms with Gasteiger partial charge in [-0.3, -0.25) is 4.99 Å². The number of methoxy groups -OCH3 is 1. The van der Waals surface area contributed by atoms with Crippen LogP contribution in [0.1, 0.15) is 11.6 Å². The van der Waals surface area contributed by atoms with Gasteiger partial charge in [-0.1, -0.05) is 42.1 Å². The maximum atomic E-state index is 5.26. The molecule has 0 saturated carbocycles. The first-order chi connectivity index (χ1) is 10.3. The molecule has 0 radical (unpaired) electrons. The Bertz CT molecular complexity index is 661. The minimum atomic E-state index is 0.225. The Morgan fingerprint density at radius 2 is 2.05 bits per heavy atom. The molecule has 3 rings (SSSR count). The summed E-state index contributed by atoms with van der Waals surface area (Å²) in [4.78, 5) is 4.76. The molecule has 0 fully saturated rings. The summed E-state index contributed by atoms with van der Waals surface area (Å²) in [6.45, 7) is 0. The zero-order chi connectivity index (χ0) is 14.7. The van der Waals surface area contributed by atoms with Crippen LogP contribution in [0.5, 0.6) is 5.75 Å². The lowest BCUT2D eigenvalue weighted by atomic mass is 10.1. The summed E-state index contributed by atoms with van der Waals surface area (Å²) in [7, 11) is 1.67. The highest BCUT2D eigenvalue weighted by Crippen LogP contribution is 2.33. The van der Waals surface area contributed by atoms with E-state index in [0.717, 1.165) is 26.8 Å². The van der Waals surface area contributed by atoms with Crippen molar-refractivity contribution in [2.24, 2.45) is 4.99 Å². The molecule has 1 atom stereocenters. The van der Waals surface area contributed by atoms with Gasteiger partial charge in [-0.2, -0.15) is 0 Å². The van der Waals surface area contributed by atoms with Crippen molar-refractivity contribution in [3.63, 3.8) is 0 Å². The quantitative estimate of drug-likeness (QED) is 0.857. The van der Waals surface area contributed by atoms with Crippen molar-refractivity contribution in [1.29, 1.82) is 0 Å². The summed E-state index contributed by atoms with van der Waals surface area (Å²) < 4.78 is 6.25. The van der Waals surface area contributed by atoms with E-state index in [-0.39, 0.29) is 6.04 Å². The molecule has 1 heterocycles. The van der Waals surface area contributed by atoms with E-state index in [4.69, 9.17) is 9.73 Å². The molecule has 3 nitrogen and oxygen atoms in total. The van der Waals surface area contributed by atoms with Crippen molar-refractivity contribution in [2.75, 3.05) is 18.2 Å². The molecule has 5 heteroatoms. The lowest BCUT2D eigenvalue weighted by Crippen LogP contribution is -2.05. The number of amidine groups is 1. The molecule has 108 valence electrons. The molecule has 2 aromatic rings. The molecule has 0 bridgehead atoms. The van der Waals surface area contributed by atoms with Gasteiger partial charge >= 0.3 is 0 Å². The van der Waals surface area contributed by atoms with Crippen LogP contribution in [0.25, 0.3) is 0 Å². The van der Waals surface area contributed by atoms with Gasteiger partial charge in [0.05, 0.1) is 18.8 Å². The van der Waals surface area contributed by atoms with Crippen molar-refractivity contribution in [2.45, 2.75) is 6.04 Å². The molecular formula is C16H15BrN2OS. The molecule has 1 aliphatic rings. The number of aliphatic imine (C=N–C) groups is 1. The largest absolute Gasteiger partial charge is 0.497 e. The zero-order valence-electron chi connectivity index (χ0n) is 11.5. The third kappa shape index (κ3) is 3.41. The van der Waals surface area contributed by atoms with E-state index in [1.807, 2.05) is 24.3 Å². The van der Waals surface area contributed by atoms with Crippen LogP contribution in [-0.4, -0.2) is 18.0 Å². The predicted octanol–water partition coefficient (Wildman–Crippen LogP) is 4.71. The fourth-order valence-electron chi connectivity index (χ4n) is 2.13. The van der Waals surface area contributed by atoms with Gasteiger partial charge in [-0.05, 0) is 33.6 Å². The second-order valence-electron chi connectivity index (χ2n) is 4.64. The topological polar surface area (TPSA) is 33.6 Å². The Hall–Kier alpha value is -1.46. The van der Waals surface area contributed by atoms with Crippen molar-refractivity contribution in [3.05, 3.63) is 58.6 Å². The molecule has 2 aromatic carbocycles. The first-order valence-electron chi connectivity index (χ1n) is 6.62. The highest BCUT2D eigenvalue weighted by Gasteiger charge is 2.20. The van der Waals surface area contributed by atoms with Crippen molar-refractivity contribution < 1.29 is 4.74 Å². The first-order valence-corrected chi connectivity index (χ1v) is 8.40. The summed E-state index contributed by atoms with van der Waals surface area (Å²) in [6, 6.07) is 16.5. The lowest BCUT2D eigenvalue weighted by Gasteiger charge is -2.09. The summed E-state index contributed by atoms with van der Waals surface area (Å²) in [6.07, 6.45) is 0. The van der Waals surface area contributed by atoms with Crippen LogP contribution in [0.3, 0.4) is 0 Å². The van der Waals surface area contributed by atoms with Crippen LogP contribution in [0, 0.1) is 0 Å². The minimum absolute atomic E-state index is 0.225. The number of benzene rings is 2. The van der Waals surface area contributed by atoms with E-state index in [0.29, 0.717) is 0 Å². The fourth-order valence-corrected chi connectivity index (χ4v) is 3.44. The van der Waals surface area contributed by atoms with Crippen LogP contribution in [0.15, 0.2) is 58.0 Å². The maximum absolute atomic E-state index is 5.26. The first kappa shape index (κ1) is 14.5. The number of thioether (sulfide) groups is 1. The molecule has 0 aliphatic carbocycles.